The second-order valence-electron chi connectivity index (χ2n) is 3.90. The lowest BCUT2D eigenvalue weighted by molar-refractivity contribution is 0.254. The molecular weight excluding hydrogens is 297 g/mol. The smallest absolute Gasteiger partial charge is 0.216 e. The Hall–Kier alpha value is -0.330. The average Bonchev–Trinajstić information content (AvgIpc) is 2.30. The van der Waals surface area contributed by atoms with Crippen molar-refractivity contribution in [2.75, 3.05) is 6.61 Å². The minimum atomic E-state index is -3.53. The van der Waals surface area contributed by atoms with E-state index in [2.05, 4.69) is 4.72 Å². The molecule has 0 amide bonds. The molecule has 0 saturated carbocycles. The second kappa shape index (κ2) is 6.73. The number of nitrogens with one attached hydrogen (secondary N) is 1. The average molecular weight is 312 g/mol. The molecule has 2 N–H and O–H groups in total. The first kappa shape index (κ1) is 15.7. The van der Waals surface area contributed by atoms with Crippen LogP contribution in [0.4, 0.5) is 0 Å². The number of aliphatic hydroxyl groups excluding tert-OH is 1. The molecule has 0 fully saturated rings. The summed E-state index contributed by atoms with van der Waals surface area (Å²) < 4.78 is 26.1. The molecule has 0 radical (unpaired) electrons. The fraction of sp³-hybridized carbons (Fsp3) is 0.455. The second-order valence-corrected chi connectivity index (χ2v) is 6.50. The zero-order valence-corrected chi connectivity index (χ0v) is 12.2. The van der Waals surface area contributed by atoms with Crippen LogP contribution in [-0.4, -0.2) is 26.2 Å². The Labute approximate surface area is 117 Å². The Kier molecular flexibility index (Phi) is 5.88. The third-order valence-electron chi connectivity index (χ3n) is 2.42. The quantitative estimate of drug-likeness (QED) is 0.846. The predicted molar refractivity (Wildman–Crippen MR) is 73.4 cm³/mol. The van der Waals surface area contributed by atoms with Crippen LogP contribution in [0.15, 0.2) is 18.2 Å². The zero-order chi connectivity index (χ0) is 13.8. The molecule has 0 heterocycles. The molecule has 1 atom stereocenters. The predicted octanol–water partition coefficient (Wildman–Crippen LogP) is 2.18. The summed E-state index contributed by atoms with van der Waals surface area (Å²) in [7, 11) is -3.53. The van der Waals surface area contributed by atoms with Crippen molar-refractivity contribution in [1.29, 1.82) is 0 Å². The van der Waals surface area contributed by atoms with Crippen molar-refractivity contribution < 1.29 is 13.5 Å². The van der Waals surface area contributed by atoms with Crippen molar-refractivity contribution in [1.82, 2.24) is 4.72 Å². The van der Waals surface area contributed by atoms with Gasteiger partial charge in [0.1, 0.15) is 0 Å². The fourth-order valence-corrected chi connectivity index (χ4v) is 3.44. The highest BCUT2D eigenvalue weighted by Gasteiger charge is 2.18. The molecule has 18 heavy (non-hydrogen) atoms. The van der Waals surface area contributed by atoms with E-state index in [-0.39, 0.29) is 12.4 Å². The van der Waals surface area contributed by atoms with Crippen LogP contribution in [0.3, 0.4) is 0 Å². The molecule has 0 aliphatic rings. The number of hydrogen-bond donors (Lipinski definition) is 2. The summed E-state index contributed by atoms with van der Waals surface area (Å²) in [4.78, 5) is 0. The van der Waals surface area contributed by atoms with Gasteiger partial charge in [-0.05, 0) is 24.1 Å². The number of sulfonamides is 1. The standard InChI is InChI=1S/C11H15Cl2NO3S/c1-2-10(6-15)14-18(16,17)7-8-3-4-9(12)5-11(8)13/h3-5,10,14-15H,2,6-7H2,1H3. The summed E-state index contributed by atoms with van der Waals surface area (Å²) in [6.07, 6.45) is 0.518. The number of benzene rings is 1. The minimum absolute atomic E-state index is 0.232. The molecule has 0 aliphatic carbocycles. The number of hydrogen-bond acceptors (Lipinski definition) is 3. The van der Waals surface area contributed by atoms with E-state index in [1.54, 1.807) is 19.1 Å². The third kappa shape index (κ3) is 4.74. The Morgan fingerprint density at radius 1 is 1.39 bits per heavy atom. The van der Waals surface area contributed by atoms with Crippen molar-refractivity contribution in [3.05, 3.63) is 33.8 Å². The molecule has 1 aromatic rings. The highest BCUT2D eigenvalue weighted by Crippen LogP contribution is 2.22. The summed E-state index contributed by atoms with van der Waals surface area (Å²) in [5, 5.41) is 9.74. The molecule has 1 aromatic carbocycles. The first-order chi connectivity index (χ1) is 8.38. The van der Waals surface area contributed by atoms with E-state index in [0.29, 0.717) is 22.0 Å². The lowest BCUT2D eigenvalue weighted by atomic mass is 10.2. The molecule has 102 valence electrons. The van der Waals surface area contributed by atoms with Crippen molar-refractivity contribution in [2.24, 2.45) is 0 Å². The summed E-state index contributed by atoms with van der Waals surface area (Å²) >= 11 is 11.6. The van der Waals surface area contributed by atoms with Crippen molar-refractivity contribution >= 4 is 33.2 Å². The van der Waals surface area contributed by atoms with Crippen LogP contribution in [0.25, 0.3) is 0 Å². The van der Waals surface area contributed by atoms with Gasteiger partial charge >= 0.3 is 0 Å². The number of aliphatic hydroxyl groups is 1. The van der Waals surface area contributed by atoms with Gasteiger partial charge in [-0.3, -0.25) is 0 Å². The van der Waals surface area contributed by atoms with Gasteiger partial charge in [0.25, 0.3) is 0 Å². The molecule has 4 nitrogen and oxygen atoms in total. The zero-order valence-electron chi connectivity index (χ0n) is 9.86. The molecule has 0 bridgehead atoms. The maximum atomic E-state index is 11.9. The van der Waals surface area contributed by atoms with Crippen molar-refractivity contribution in [3.63, 3.8) is 0 Å². The molecular formula is C11H15Cl2NO3S. The van der Waals surface area contributed by atoms with E-state index in [9.17, 15) is 8.42 Å². The largest absolute Gasteiger partial charge is 0.395 e. The van der Waals surface area contributed by atoms with Crippen LogP contribution < -0.4 is 4.72 Å². The minimum Gasteiger partial charge on any atom is -0.395 e. The summed E-state index contributed by atoms with van der Waals surface area (Å²) in [5.74, 6) is -0.237. The Balaban J connectivity index is 2.82. The summed E-state index contributed by atoms with van der Waals surface area (Å²) in [5.41, 5.74) is 0.473. The van der Waals surface area contributed by atoms with Gasteiger partial charge in [0, 0.05) is 16.1 Å². The van der Waals surface area contributed by atoms with E-state index in [1.165, 1.54) is 6.07 Å². The van der Waals surface area contributed by atoms with Crippen molar-refractivity contribution in [2.45, 2.75) is 25.1 Å². The van der Waals surface area contributed by atoms with Crippen LogP contribution >= 0.6 is 23.2 Å². The van der Waals surface area contributed by atoms with Gasteiger partial charge in [-0.25, -0.2) is 13.1 Å². The molecule has 0 saturated heterocycles. The lowest BCUT2D eigenvalue weighted by Gasteiger charge is -2.14. The molecule has 0 aliphatic heterocycles. The first-order valence-electron chi connectivity index (χ1n) is 5.42. The molecule has 0 spiro atoms. The summed E-state index contributed by atoms with van der Waals surface area (Å²) in [6, 6.07) is 4.18. The molecule has 1 rings (SSSR count). The van der Waals surface area contributed by atoms with Crippen LogP contribution in [0.2, 0.25) is 10.0 Å². The Bertz CT molecular complexity index is 501. The van der Waals surface area contributed by atoms with E-state index in [4.69, 9.17) is 28.3 Å². The van der Waals surface area contributed by atoms with Crippen LogP contribution in [0.1, 0.15) is 18.9 Å². The third-order valence-corrected chi connectivity index (χ3v) is 4.39. The van der Waals surface area contributed by atoms with E-state index in [0.717, 1.165) is 0 Å². The van der Waals surface area contributed by atoms with Gasteiger partial charge in [-0.15, -0.1) is 0 Å². The van der Waals surface area contributed by atoms with Crippen LogP contribution in [-0.2, 0) is 15.8 Å². The normalized spacial score (nSPS) is 13.6. The highest BCUT2D eigenvalue weighted by molar-refractivity contribution is 7.88. The summed E-state index contributed by atoms with van der Waals surface area (Å²) in [6.45, 7) is 1.56. The van der Waals surface area contributed by atoms with E-state index in [1.807, 2.05) is 0 Å². The van der Waals surface area contributed by atoms with E-state index >= 15 is 0 Å². The highest BCUT2D eigenvalue weighted by atomic mass is 35.5. The van der Waals surface area contributed by atoms with Crippen molar-refractivity contribution in [3.8, 4) is 0 Å². The van der Waals surface area contributed by atoms with Gasteiger partial charge in [-0.1, -0.05) is 36.2 Å². The number of halogens is 2. The van der Waals surface area contributed by atoms with E-state index < -0.39 is 16.1 Å². The van der Waals surface area contributed by atoms with Crippen LogP contribution in [0, 0.1) is 0 Å². The van der Waals surface area contributed by atoms with Crippen LogP contribution in [0.5, 0.6) is 0 Å². The topological polar surface area (TPSA) is 66.4 Å². The maximum absolute atomic E-state index is 11.9. The molecule has 1 unspecified atom stereocenters. The van der Waals surface area contributed by atoms with Gasteiger partial charge in [0.05, 0.1) is 12.4 Å². The van der Waals surface area contributed by atoms with Gasteiger partial charge in [-0.2, -0.15) is 0 Å². The first-order valence-corrected chi connectivity index (χ1v) is 7.83. The molecule has 0 aromatic heterocycles. The maximum Gasteiger partial charge on any atom is 0.216 e. The van der Waals surface area contributed by atoms with Gasteiger partial charge < -0.3 is 5.11 Å². The Morgan fingerprint density at radius 2 is 2.06 bits per heavy atom. The lowest BCUT2D eigenvalue weighted by Crippen LogP contribution is -2.37. The monoisotopic (exact) mass is 311 g/mol. The molecule has 7 heteroatoms. The van der Waals surface area contributed by atoms with Gasteiger partial charge in [0.15, 0.2) is 0 Å². The number of rotatable bonds is 6. The van der Waals surface area contributed by atoms with Gasteiger partial charge in [0.2, 0.25) is 10.0 Å². The SMILES string of the molecule is CCC(CO)NS(=O)(=O)Cc1ccc(Cl)cc1Cl. The fourth-order valence-electron chi connectivity index (χ4n) is 1.39. The Morgan fingerprint density at radius 3 is 2.56 bits per heavy atom.